The van der Waals surface area contributed by atoms with Gasteiger partial charge >= 0.3 is 12.4 Å². The average molecular weight is 564 g/mol. The molecule has 3 aromatic rings. The fraction of sp³-hybridized carbons (Fsp3) is 0.407. The number of alkyl halides is 3. The summed E-state index contributed by atoms with van der Waals surface area (Å²) in [5, 5.41) is 9.93. The molecular weight excluding hydrogens is 531 g/mol. The Labute approximate surface area is 229 Å². The Hall–Kier alpha value is -3.81. The molecule has 0 bridgehead atoms. The molecule has 1 atom stereocenters. The minimum absolute atomic E-state index is 0.123. The molecule has 1 aliphatic rings. The third-order valence-electron chi connectivity index (χ3n) is 6.16. The van der Waals surface area contributed by atoms with Gasteiger partial charge in [-0.2, -0.15) is 0 Å². The van der Waals surface area contributed by atoms with Crippen LogP contribution in [-0.2, 0) is 22.6 Å². The Morgan fingerprint density at radius 3 is 2.67 bits per heavy atom. The molecule has 1 unspecified atom stereocenters. The smallest absolute Gasteiger partial charge is 0.474 e. The molecule has 0 spiro atoms. The molecule has 0 saturated carbocycles. The Bertz CT molecular complexity index is 1290. The highest BCUT2D eigenvalue weighted by molar-refractivity contribution is 5.89. The number of amides is 2. The number of likely N-dealkylation sites (N-methyl/N-ethyl adjacent to an activating group) is 1. The van der Waals surface area contributed by atoms with Gasteiger partial charge in [-0.05, 0) is 43.8 Å². The van der Waals surface area contributed by atoms with E-state index in [4.69, 9.17) is 14.2 Å². The summed E-state index contributed by atoms with van der Waals surface area (Å²) in [6.07, 6.45) is -5.00. The number of methoxy groups -OCH3 is 1. The normalized spacial score (nSPS) is 16.0. The second-order valence-corrected chi connectivity index (χ2v) is 9.32. The van der Waals surface area contributed by atoms with Crippen LogP contribution in [0, 0.1) is 6.92 Å². The van der Waals surface area contributed by atoms with Gasteiger partial charge in [0.05, 0.1) is 24.5 Å². The number of nitrogens with one attached hydrogen (secondary N) is 2. The second-order valence-electron chi connectivity index (χ2n) is 9.32. The fourth-order valence-corrected chi connectivity index (χ4v) is 4.23. The number of aromatic nitrogens is 2. The van der Waals surface area contributed by atoms with E-state index in [9.17, 15) is 18.0 Å². The Kier molecular flexibility index (Phi) is 9.50. The molecule has 4 rings (SSSR count). The first kappa shape index (κ1) is 29.2. The van der Waals surface area contributed by atoms with Gasteiger partial charge in [0.1, 0.15) is 24.3 Å². The van der Waals surface area contributed by atoms with Crippen LogP contribution in [-0.4, -0.2) is 73.6 Å². The van der Waals surface area contributed by atoms with E-state index in [0.29, 0.717) is 35.1 Å². The maximum atomic E-state index is 13.0. The van der Waals surface area contributed by atoms with Crippen LogP contribution in [0.25, 0.3) is 5.69 Å². The maximum absolute atomic E-state index is 13.0. The third-order valence-corrected chi connectivity index (χ3v) is 6.16. The Morgan fingerprint density at radius 2 is 1.98 bits per heavy atom. The molecule has 40 heavy (non-hydrogen) atoms. The molecule has 1 aliphatic heterocycles. The van der Waals surface area contributed by atoms with Gasteiger partial charge in [-0.3, -0.25) is 5.32 Å². The van der Waals surface area contributed by atoms with Crippen molar-refractivity contribution in [3.63, 3.8) is 0 Å². The number of halogens is 3. The van der Waals surface area contributed by atoms with Crippen molar-refractivity contribution < 1.29 is 36.9 Å². The lowest BCUT2D eigenvalue weighted by Gasteiger charge is -2.29. The quantitative estimate of drug-likeness (QED) is 0.381. The highest BCUT2D eigenvalue weighted by Gasteiger charge is 2.32. The molecule has 0 aliphatic carbocycles. The van der Waals surface area contributed by atoms with Crippen molar-refractivity contribution in [2.75, 3.05) is 45.8 Å². The van der Waals surface area contributed by atoms with E-state index in [0.717, 1.165) is 13.1 Å². The number of nitrogens with zero attached hydrogens (tertiary/aromatic N) is 3. The van der Waals surface area contributed by atoms with E-state index in [1.54, 1.807) is 6.92 Å². The molecule has 1 aromatic heterocycles. The molecule has 2 amide bonds. The summed E-state index contributed by atoms with van der Waals surface area (Å²) in [6.45, 7) is 4.17. The molecule has 2 heterocycles. The molecular formula is C27H32F3N5O5. The number of hydrogen-bond acceptors (Lipinski definition) is 7. The Balaban J connectivity index is 1.51. The van der Waals surface area contributed by atoms with Crippen molar-refractivity contribution in [1.29, 1.82) is 0 Å². The summed E-state index contributed by atoms with van der Waals surface area (Å²) in [7, 11) is 3.49. The lowest BCUT2D eigenvalue weighted by atomic mass is 10.1. The number of rotatable bonds is 10. The van der Waals surface area contributed by atoms with Gasteiger partial charge in [0, 0.05) is 32.3 Å². The first-order valence-corrected chi connectivity index (χ1v) is 12.6. The van der Waals surface area contributed by atoms with Crippen LogP contribution >= 0.6 is 0 Å². The van der Waals surface area contributed by atoms with Crippen LogP contribution in [0.4, 0.5) is 23.8 Å². The molecule has 10 nitrogen and oxygen atoms in total. The zero-order valence-electron chi connectivity index (χ0n) is 22.5. The van der Waals surface area contributed by atoms with Gasteiger partial charge in [0.2, 0.25) is 5.88 Å². The summed E-state index contributed by atoms with van der Waals surface area (Å²) in [5.41, 5.74) is 2.02. The largest absolute Gasteiger partial charge is 0.573 e. The number of hydrogen-bond donors (Lipinski definition) is 2. The molecule has 1 fully saturated rings. The number of morpholine rings is 1. The number of para-hydroxylation sites is 1. The third kappa shape index (κ3) is 7.87. The van der Waals surface area contributed by atoms with Crippen LogP contribution in [0.5, 0.6) is 11.6 Å². The minimum Gasteiger partial charge on any atom is -0.474 e. The zero-order chi connectivity index (χ0) is 28.7. The summed E-state index contributed by atoms with van der Waals surface area (Å²) < 4.78 is 61.3. The van der Waals surface area contributed by atoms with E-state index in [-0.39, 0.29) is 31.4 Å². The van der Waals surface area contributed by atoms with Gasteiger partial charge in [0.25, 0.3) is 0 Å². The van der Waals surface area contributed by atoms with Crippen molar-refractivity contribution >= 4 is 11.8 Å². The number of carbonyl (C=O) groups is 1. The lowest BCUT2D eigenvalue weighted by Crippen LogP contribution is -2.42. The van der Waals surface area contributed by atoms with Crippen LogP contribution < -0.4 is 20.1 Å². The second kappa shape index (κ2) is 13.0. The Morgan fingerprint density at radius 1 is 1.20 bits per heavy atom. The van der Waals surface area contributed by atoms with Crippen LogP contribution in [0.1, 0.15) is 16.7 Å². The van der Waals surface area contributed by atoms with E-state index in [2.05, 4.69) is 25.4 Å². The number of carbonyl (C=O) groups excluding carboxylic acids is 1. The minimum atomic E-state index is -4.88. The van der Waals surface area contributed by atoms with E-state index in [1.807, 2.05) is 37.4 Å². The molecule has 0 radical (unpaired) electrons. The highest BCUT2D eigenvalue weighted by Crippen LogP contribution is 2.30. The van der Waals surface area contributed by atoms with Gasteiger partial charge in [-0.1, -0.05) is 24.3 Å². The van der Waals surface area contributed by atoms with Crippen LogP contribution in [0.15, 0.2) is 48.5 Å². The number of urea groups is 1. The van der Waals surface area contributed by atoms with Crippen LogP contribution in [0.2, 0.25) is 0 Å². The van der Waals surface area contributed by atoms with Crippen molar-refractivity contribution in [3.05, 3.63) is 65.2 Å². The van der Waals surface area contributed by atoms with Crippen molar-refractivity contribution in [2.24, 2.45) is 0 Å². The van der Waals surface area contributed by atoms with Crippen molar-refractivity contribution in [2.45, 2.75) is 32.5 Å². The topological polar surface area (TPSA) is 99.1 Å². The number of benzene rings is 2. The highest BCUT2D eigenvalue weighted by atomic mass is 19.4. The van der Waals surface area contributed by atoms with E-state index >= 15 is 0 Å². The van der Waals surface area contributed by atoms with Gasteiger partial charge in [-0.15, -0.1) is 18.3 Å². The van der Waals surface area contributed by atoms with Gasteiger partial charge in [-0.25, -0.2) is 9.48 Å². The van der Waals surface area contributed by atoms with Crippen molar-refractivity contribution in [1.82, 2.24) is 20.0 Å². The van der Waals surface area contributed by atoms with E-state index in [1.165, 1.54) is 30.0 Å². The van der Waals surface area contributed by atoms with Crippen molar-refractivity contribution in [3.8, 4) is 17.3 Å². The fourth-order valence-electron chi connectivity index (χ4n) is 4.23. The van der Waals surface area contributed by atoms with Gasteiger partial charge < -0.3 is 29.2 Å². The predicted octanol–water partition coefficient (Wildman–Crippen LogP) is 4.26. The standard InChI is InChI=1S/C27H32F3N5O5/c1-18-24(32-26(36)31-14-20-13-19(16-37-3)9-10-23(20)40-27(28,29)30)35(21-7-5-4-6-8-21)33-25(18)39-17-22-15-34(2)11-12-38-22/h4-10,13,22H,11-12,14-17H2,1-3H3,(H2,31,32,36). The lowest BCUT2D eigenvalue weighted by molar-refractivity contribution is -0.274. The summed E-state index contributed by atoms with van der Waals surface area (Å²) in [5.74, 6) is 0.258. The average Bonchev–Trinajstić information content (AvgIpc) is 3.22. The summed E-state index contributed by atoms with van der Waals surface area (Å²) in [6, 6.07) is 12.7. The van der Waals surface area contributed by atoms with Crippen LogP contribution in [0.3, 0.4) is 0 Å². The summed E-state index contributed by atoms with van der Waals surface area (Å²) in [4.78, 5) is 15.1. The SMILES string of the molecule is COCc1ccc(OC(F)(F)F)c(CNC(=O)Nc2c(C)c(OCC3CN(C)CCO3)nn2-c2ccccc2)c1. The predicted molar refractivity (Wildman–Crippen MR) is 141 cm³/mol. The molecule has 2 aromatic carbocycles. The maximum Gasteiger partial charge on any atom is 0.573 e. The monoisotopic (exact) mass is 563 g/mol. The van der Waals surface area contributed by atoms with E-state index < -0.39 is 18.1 Å². The first-order valence-electron chi connectivity index (χ1n) is 12.6. The molecule has 13 heteroatoms. The number of anilines is 1. The first-order chi connectivity index (χ1) is 19.1. The molecule has 1 saturated heterocycles. The van der Waals surface area contributed by atoms with Gasteiger partial charge in [0.15, 0.2) is 0 Å². The molecule has 216 valence electrons. The molecule has 2 N–H and O–H groups in total. The summed E-state index contributed by atoms with van der Waals surface area (Å²) >= 11 is 0. The zero-order valence-corrected chi connectivity index (χ0v) is 22.5. The number of ether oxygens (including phenoxy) is 4.